The number of hydrogen-bond donors (Lipinski definition) is 5. The van der Waals surface area contributed by atoms with Crippen molar-refractivity contribution in [2.24, 2.45) is 0 Å². The zero-order valence-electron chi connectivity index (χ0n) is 6.72. The fourth-order valence-corrected chi connectivity index (χ4v) is 1.29. The molecule has 0 aliphatic heterocycles. The summed E-state index contributed by atoms with van der Waals surface area (Å²) in [6.07, 6.45) is -8.09. The normalized spacial score (nSPS) is 51.2. The van der Waals surface area contributed by atoms with Gasteiger partial charge in [0.15, 0.2) is 6.17 Å². The first kappa shape index (κ1) is 13.0. The molecule has 6 atom stereocenters. The van der Waals surface area contributed by atoms with Crippen molar-refractivity contribution in [2.75, 3.05) is 0 Å². The minimum absolute atomic E-state index is 0. The van der Waals surface area contributed by atoms with Gasteiger partial charge in [0.05, 0.1) is 0 Å². The lowest BCUT2D eigenvalue weighted by molar-refractivity contribution is -0.469. The molecule has 1 saturated carbocycles. The Labute approximate surface area is 80.4 Å². The molecule has 0 spiro atoms. The Morgan fingerprint density at radius 3 is 1.69 bits per heavy atom. The van der Waals surface area contributed by atoms with Gasteiger partial charge in [0.25, 0.3) is 0 Å². The van der Waals surface area contributed by atoms with Crippen LogP contribution in [-0.2, 0) is 0 Å². The van der Waals surface area contributed by atoms with E-state index in [9.17, 15) is 4.39 Å². The molecule has 1 aliphatic rings. The predicted octanol–water partition coefficient (Wildman–Crippen LogP) is -6.60. The molecule has 80 valence electrons. The van der Waals surface area contributed by atoms with Crippen LogP contribution < -0.4 is 18.1 Å². The van der Waals surface area contributed by atoms with Gasteiger partial charge in [-0.1, -0.05) is 0 Å². The number of rotatable bonds is 0. The van der Waals surface area contributed by atoms with E-state index >= 15 is 0 Å². The van der Waals surface area contributed by atoms with E-state index in [1.54, 1.807) is 0 Å². The second-order valence-corrected chi connectivity index (χ2v) is 3.07. The molecule has 0 radical (unpaired) electrons. The quantitative estimate of drug-likeness (QED) is 0.278. The molecule has 1 fully saturated rings. The maximum atomic E-state index is 12.9. The number of aliphatic hydroxyl groups excluding tert-OH is 4. The van der Waals surface area contributed by atoms with Crippen LogP contribution in [0.15, 0.2) is 0 Å². The number of hydrogen-bond acceptors (Lipinski definition) is 4. The Morgan fingerprint density at radius 2 is 1.23 bits per heavy atom. The Hall–Kier alpha value is 0.0200. The molecule has 0 aromatic carbocycles. The molecule has 0 unspecified atom stereocenters. The summed E-state index contributed by atoms with van der Waals surface area (Å²) in [6.45, 7) is 0. The third-order valence-corrected chi connectivity index (χ3v) is 2.22. The Kier molecular flexibility index (Phi) is 4.50. The van der Waals surface area contributed by atoms with Crippen LogP contribution in [0.4, 0.5) is 4.39 Å². The van der Waals surface area contributed by atoms with Crippen molar-refractivity contribution in [1.82, 2.24) is 0 Å². The number of alkyl halides is 1. The van der Waals surface area contributed by atoms with Crippen LogP contribution in [0.2, 0.25) is 0 Å². The highest BCUT2D eigenvalue weighted by Crippen LogP contribution is 2.21. The van der Waals surface area contributed by atoms with Crippen molar-refractivity contribution < 1.29 is 43.0 Å². The lowest BCUT2D eigenvalue weighted by atomic mass is 9.85. The van der Waals surface area contributed by atoms with Gasteiger partial charge in [0.1, 0.15) is 30.5 Å². The Balaban J connectivity index is 0.00000144. The van der Waals surface area contributed by atoms with Crippen LogP contribution >= 0.6 is 0 Å². The Bertz CT molecular complexity index is 116. The average molecular weight is 218 g/mol. The van der Waals surface area contributed by atoms with Gasteiger partial charge in [0.2, 0.25) is 0 Å². The highest BCUT2D eigenvalue weighted by atomic mass is 35.5. The first-order chi connectivity index (χ1) is 5.46. The van der Waals surface area contributed by atoms with Crippen LogP contribution in [0, 0.1) is 0 Å². The first-order valence-electron chi connectivity index (χ1n) is 3.66. The van der Waals surface area contributed by atoms with Gasteiger partial charge in [-0.3, -0.25) is 0 Å². The predicted molar refractivity (Wildman–Crippen MR) is 35.6 cm³/mol. The van der Waals surface area contributed by atoms with E-state index in [1.807, 2.05) is 0 Å². The van der Waals surface area contributed by atoms with Crippen molar-refractivity contribution >= 4 is 0 Å². The number of halogens is 2. The van der Waals surface area contributed by atoms with Crippen LogP contribution in [0.5, 0.6) is 0 Å². The highest BCUT2D eigenvalue weighted by molar-refractivity contribution is 4.97. The molecule has 7 heteroatoms. The highest BCUT2D eigenvalue weighted by Gasteiger charge is 2.49. The van der Waals surface area contributed by atoms with Crippen LogP contribution in [0.25, 0.3) is 0 Å². The topological polar surface area (TPSA) is 109 Å². The summed E-state index contributed by atoms with van der Waals surface area (Å²) in [5.74, 6) is 0. The monoisotopic (exact) mass is 217 g/mol. The van der Waals surface area contributed by atoms with Crippen LogP contribution in [0.1, 0.15) is 0 Å². The number of aliphatic hydroxyl groups is 4. The van der Waals surface area contributed by atoms with Gasteiger partial charge in [-0.25, -0.2) is 4.39 Å². The van der Waals surface area contributed by atoms with E-state index in [2.05, 4.69) is 5.73 Å². The molecule has 1 rings (SSSR count). The molecule has 7 N–H and O–H groups in total. The minimum atomic E-state index is -1.81. The molecule has 0 amide bonds. The first-order valence-corrected chi connectivity index (χ1v) is 3.66. The van der Waals surface area contributed by atoms with Gasteiger partial charge < -0.3 is 38.6 Å². The summed E-state index contributed by atoms with van der Waals surface area (Å²) < 4.78 is 12.9. The third kappa shape index (κ3) is 2.09. The van der Waals surface area contributed by atoms with E-state index in [0.717, 1.165) is 0 Å². The van der Waals surface area contributed by atoms with Crippen molar-refractivity contribution in [2.45, 2.75) is 36.6 Å². The van der Waals surface area contributed by atoms with Crippen molar-refractivity contribution in [3.63, 3.8) is 0 Å². The van der Waals surface area contributed by atoms with Gasteiger partial charge in [-0.2, -0.15) is 0 Å². The fourth-order valence-electron chi connectivity index (χ4n) is 1.29. The summed E-state index contributed by atoms with van der Waals surface area (Å²) >= 11 is 0. The summed E-state index contributed by atoms with van der Waals surface area (Å²) in [6, 6.07) is -1.11. The van der Waals surface area contributed by atoms with Crippen LogP contribution in [0.3, 0.4) is 0 Å². The lowest BCUT2D eigenvalue weighted by Crippen LogP contribution is -3.00. The summed E-state index contributed by atoms with van der Waals surface area (Å²) in [7, 11) is 0. The van der Waals surface area contributed by atoms with Crippen molar-refractivity contribution in [1.29, 1.82) is 0 Å². The van der Waals surface area contributed by atoms with Crippen LogP contribution in [-0.4, -0.2) is 57.1 Å². The van der Waals surface area contributed by atoms with Gasteiger partial charge >= 0.3 is 0 Å². The Morgan fingerprint density at radius 1 is 0.846 bits per heavy atom. The molecular formula is C6H13ClFNO4. The lowest BCUT2D eigenvalue weighted by Gasteiger charge is -2.36. The summed E-state index contributed by atoms with van der Waals surface area (Å²) in [5, 5.41) is 36.1. The number of quaternary nitrogens is 1. The van der Waals surface area contributed by atoms with Gasteiger partial charge in [0, 0.05) is 0 Å². The van der Waals surface area contributed by atoms with Gasteiger partial charge in [-0.15, -0.1) is 0 Å². The van der Waals surface area contributed by atoms with E-state index in [0.29, 0.717) is 0 Å². The van der Waals surface area contributed by atoms with E-state index in [-0.39, 0.29) is 12.4 Å². The van der Waals surface area contributed by atoms with E-state index in [4.69, 9.17) is 20.4 Å². The molecule has 0 aromatic heterocycles. The maximum absolute atomic E-state index is 12.9. The SMILES string of the molecule is [Cl-].[NH3+][C@H]1[C@@H](O)[C@@H](O)[C@H](O)[C@H](O)[C@H]1F. The molecule has 5 nitrogen and oxygen atoms in total. The standard InChI is InChI=1S/C6H12FNO4.ClH/c7-1-2(8)4(10)6(12)5(11)3(1)9;/h1-6,9-12H,8H2;1H/t1-,2+,3+,4+,5+,6+;/m0./s1. The molecule has 0 saturated heterocycles. The van der Waals surface area contributed by atoms with Crippen molar-refractivity contribution in [3.05, 3.63) is 0 Å². The summed E-state index contributed by atoms with van der Waals surface area (Å²) in [5.41, 5.74) is 3.24. The smallest absolute Gasteiger partial charge is 0.182 e. The molecule has 0 heterocycles. The minimum Gasteiger partial charge on any atom is -1.00 e. The average Bonchev–Trinajstić information content (AvgIpc) is 2.08. The van der Waals surface area contributed by atoms with Crippen molar-refractivity contribution in [3.8, 4) is 0 Å². The molecular weight excluding hydrogens is 205 g/mol. The molecule has 1 aliphatic carbocycles. The molecule has 0 bridgehead atoms. The van der Waals surface area contributed by atoms with Gasteiger partial charge in [-0.05, 0) is 0 Å². The van der Waals surface area contributed by atoms with E-state index < -0.39 is 36.6 Å². The molecule has 0 aromatic rings. The zero-order valence-corrected chi connectivity index (χ0v) is 7.47. The van der Waals surface area contributed by atoms with E-state index in [1.165, 1.54) is 0 Å². The fraction of sp³-hybridized carbons (Fsp3) is 1.00. The zero-order chi connectivity index (χ0) is 9.46. The second-order valence-electron chi connectivity index (χ2n) is 3.07. The third-order valence-electron chi connectivity index (χ3n) is 2.22. The largest absolute Gasteiger partial charge is 1.00 e. The second kappa shape index (κ2) is 4.50. The maximum Gasteiger partial charge on any atom is 0.182 e. The summed E-state index contributed by atoms with van der Waals surface area (Å²) in [4.78, 5) is 0. The molecule has 13 heavy (non-hydrogen) atoms.